The lowest BCUT2D eigenvalue weighted by Crippen LogP contribution is -2.53. The predicted molar refractivity (Wildman–Crippen MR) is 59.0 cm³/mol. The minimum absolute atomic E-state index is 0.100. The van der Waals surface area contributed by atoms with Crippen molar-refractivity contribution in [1.82, 2.24) is 25.0 Å². The molecule has 0 atom stereocenters. The van der Waals surface area contributed by atoms with Crippen molar-refractivity contribution in [3.8, 4) is 0 Å². The van der Waals surface area contributed by atoms with Crippen LogP contribution in [0.5, 0.6) is 0 Å². The summed E-state index contributed by atoms with van der Waals surface area (Å²) in [5, 5.41) is 7.92. The van der Waals surface area contributed by atoms with E-state index in [1.54, 1.807) is 11.7 Å². The summed E-state index contributed by atoms with van der Waals surface area (Å²) in [7, 11) is 1.77. The third-order valence-corrected chi connectivity index (χ3v) is 2.95. The number of hydrogen-bond acceptors (Lipinski definition) is 6. The maximum absolute atomic E-state index is 11.0. The molecular weight excluding hydrogens is 222 g/mol. The zero-order valence-electron chi connectivity index (χ0n) is 9.24. The minimum atomic E-state index is -0.273. The number of primary amides is 1. The Balaban J connectivity index is 1.94. The van der Waals surface area contributed by atoms with E-state index in [-0.39, 0.29) is 11.8 Å². The number of aromatic nitrogens is 5. The molecule has 0 unspecified atom stereocenters. The molecule has 0 radical (unpaired) electrons. The Hall–Kier alpha value is -2.25. The highest BCUT2D eigenvalue weighted by atomic mass is 16.1. The molecule has 1 amide bonds. The van der Waals surface area contributed by atoms with Crippen molar-refractivity contribution in [1.29, 1.82) is 0 Å². The van der Waals surface area contributed by atoms with Crippen molar-refractivity contribution in [2.45, 2.75) is 0 Å². The summed E-state index contributed by atoms with van der Waals surface area (Å²) in [6, 6.07) is 0. The second-order valence-electron chi connectivity index (χ2n) is 4.09. The van der Waals surface area contributed by atoms with Crippen molar-refractivity contribution in [3.63, 3.8) is 0 Å². The van der Waals surface area contributed by atoms with Gasteiger partial charge >= 0.3 is 0 Å². The van der Waals surface area contributed by atoms with Crippen LogP contribution in [-0.4, -0.2) is 44.0 Å². The van der Waals surface area contributed by atoms with Crippen LogP contribution in [0, 0.1) is 5.92 Å². The van der Waals surface area contributed by atoms with Crippen molar-refractivity contribution in [3.05, 3.63) is 6.33 Å². The molecule has 17 heavy (non-hydrogen) atoms. The number of rotatable bonds is 2. The van der Waals surface area contributed by atoms with Crippen molar-refractivity contribution < 1.29 is 4.79 Å². The van der Waals surface area contributed by atoms with Gasteiger partial charge in [0.1, 0.15) is 6.33 Å². The highest BCUT2D eigenvalue weighted by Gasteiger charge is 2.33. The van der Waals surface area contributed by atoms with Crippen LogP contribution in [0.1, 0.15) is 0 Å². The van der Waals surface area contributed by atoms with E-state index in [1.165, 1.54) is 6.33 Å². The number of carbonyl (C=O) groups excluding carboxylic acids is 1. The van der Waals surface area contributed by atoms with Crippen LogP contribution >= 0.6 is 0 Å². The van der Waals surface area contributed by atoms with Gasteiger partial charge in [-0.05, 0) is 0 Å². The van der Waals surface area contributed by atoms with Crippen molar-refractivity contribution in [2.75, 3.05) is 18.0 Å². The third kappa shape index (κ3) is 1.41. The van der Waals surface area contributed by atoms with Crippen LogP contribution in [0.3, 0.4) is 0 Å². The number of nitrogens with zero attached hydrogens (tertiary/aromatic N) is 6. The Bertz CT molecular complexity index is 586. The number of anilines is 1. The van der Waals surface area contributed by atoms with Gasteiger partial charge in [-0.15, -0.1) is 5.10 Å². The largest absolute Gasteiger partial charge is 0.369 e. The first kappa shape index (κ1) is 9.94. The highest BCUT2D eigenvalue weighted by molar-refractivity contribution is 5.85. The van der Waals surface area contributed by atoms with Crippen LogP contribution in [0.2, 0.25) is 0 Å². The second-order valence-corrected chi connectivity index (χ2v) is 4.09. The van der Waals surface area contributed by atoms with Gasteiger partial charge in [0, 0.05) is 20.1 Å². The smallest absolute Gasteiger partial charge is 0.224 e. The molecule has 2 aromatic rings. The summed E-state index contributed by atoms with van der Waals surface area (Å²) in [5.41, 5.74) is 6.55. The van der Waals surface area contributed by atoms with E-state index in [4.69, 9.17) is 5.73 Å². The number of amides is 1. The molecule has 3 rings (SSSR count). The van der Waals surface area contributed by atoms with Gasteiger partial charge < -0.3 is 10.6 Å². The molecule has 3 heterocycles. The number of fused-ring (bicyclic) bond motifs is 1. The van der Waals surface area contributed by atoms with E-state index in [9.17, 15) is 4.79 Å². The molecule has 0 aromatic carbocycles. The Labute approximate surface area is 96.4 Å². The van der Waals surface area contributed by atoms with Crippen LogP contribution < -0.4 is 10.6 Å². The molecule has 1 aliphatic rings. The summed E-state index contributed by atoms with van der Waals surface area (Å²) in [6.45, 7) is 1.16. The Morgan fingerprint density at radius 2 is 2.24 bits per heavy atom. The summed E-state index contributed by atoms with van der Waals surface area (Å²) < 4.78 is 1.59. The van der Waals surface area contributed by atoms with Crippen molar-refractivity contribution >= 4 is 22.9 Å². The quantitative estimate of drug-likeness (QED) is 0.690. The molecule has 1 saturated heterocycles. The van der Waals surface area contributed by atoms with E-state index in [1.807, 2.05) is 4.90 Å². The van der Waals surface area contributed by atoms with E-state index in [2.05, 4.69) is 20.3 Å². The molecule has 0 saturated carbocycles. The molecule has 2 N–H and O–H groups in total. The first-order chi connectivity index (χ1) is 8.16. The van der Waals surface area contributed by atoms with Crippen LogP contribution in [-0.2, 0) is 11.8 Å². The van der Waals surface area contributed by atoms with Gasteiger partial charge in [0.2, 0.25) is 5.91 Å². The first-order valence-corrected chi connectivity index (χ1v) is 5.21. The normalized spacial score (nSPS) is 16.2. The fraction of sp³-hybridized carbons (Fsp3) is 0.444. The van der Waals surface area contributed by atoms with Gasteiger partial charge in [-0.1, -0.05) is 5.21 Å². The van der Waals surface area contributed by atoms with E-state index < -0.39 is 0 Å². The Morgan fingerprint density at radius 1 is 1.47 bits per heavy atom. The number of nitrogens with two attached hydrogens (primary N) is 1. The van der Waals surface area contributed by atoms with Crippen LogP contribution in [0.25, 0.3) is 11.2 Å². The molecule has 8 nitrogen and oxygen atoms in total. The molecule has 0 bridgehead atoms. The SMILES string of the molecule is Cn1nnc2c(N3CC(C(N)=O)C3)ncnc21. The zero-order chi connectivity index (χ0) is 12.0. The predicted octanol–water partition coefficient (Wildman–Crippen LogP) is -1.32. The average molecular weight is 233 g/mol. The van der Waals surface area contributed by atoms with E-state index >= 15 is 0 Å². The standard InChI is InChI=1S/C9H11N7O/c1-15-8-6(13-14-15)9(12-4-11-8)16-2-5(3-16)7(10)17/h4-5H,2-3H2,1H3,(H2,10,17). The molecular formula is C9H11N7O. The molecule has 0 aliphatic carbocycles. The fourth-order valence-corrected chi connectivity index (χ4v) is 1.90. The van der Waals surface area contributed by atoms with E-state index in [0.29, 0.717) is 30.1 Å². The third-order valence-electron chi connectivity index (χ3n) is 2.95. The number of aryl methyl sites for hydroxylation is 1. The topological polar surface area (TPSA) is 103 Å². The maximum Gasteiger partial charge on any atom is 0.224 e. The molecule has 1 fully saturated rings. The average Bonchev–Trinajstić information content (AvgIpc) is 2.59. The van der Waals surface area contributed by atoms with Gasteiger partial charge in [0.15, 0.2) is 17.0 Å². The number of hydrogen-bond donors (Lipinski definition) is 1. The summed E-state index contributed by atoms with van der Waals surface area (Å²) in [6.07, 6.45) is 1.47. The lowest BCUT2D eigenvalue weighted by Gasteiger charge is -2.37. The minimum Gasteiger partial charge on any atom is -0.369 e. The molecule has 2 aromatic heterocycles. The second kappa shape index (κ2) is 3.37. The van der Waals surface area contributed by atoms with Gasteiger partial charge in [-0.3, -0.25) is 4.79 Å². The monoisotopic (exact) mass is 233 g/mol. The lowest BCUT2D eigenvalue weighted by atomic mass is 10.00. The molecule has 1 aliphatic heterocycles. The zero-order valence-corrected chi connectivity index (χ0v) is 9.24. The Morgan fingerprint density at radius 3 is 2.94 bits per heavy atom. The van der Waals surface area contributed by atoms with Gasteiger partial charge in [-0.25, -0.2) is 14.6 Å². The maximum atomic E-state index is 11.0. The van der Waals surface area contributed by atoms with Gasteiger partial charge in [-0.2, -0.15) is 0 Å². The molecule has 0 spiro atoms. The highest BCUT2D eigenvalue weighted by Crippen LogP contribution is 2.26. The molecule has 8 heteroatoms. The van der Waals surface area contributed by atoms with Gasteiger partial charge in [0.25, 0.3) is 0 Å². The Kier molecular flexibility index (Phi) is 1.97. The van der Waals surface area contributed by atoms with Gasteiger partial charge in [0.05, 0.1) is 5.92 Å². The molecule has 88 valence electrons. The summed E-state index contributed by atoms with van der Waals surface area (Å²) in [5.74, 6) is 0.336. The van der Waals surface area contributed by atoms with Crippen LogP contribution in [0.15, 0.2) is 6.33 Å². The number of carbonyl (C=O) groups is 1. The fourth-order valence-electron chi connectivity index (χ4n) is 1.90. The summed E-state index contributed by atoms with van der Waals surface area (Å²) in [4.78, 5) is 21.2. The van der Waals surface area contributed by atoms with Crippen molar-refractivity contribution in [2.24, 2.45) is 18.7 Å². The summed E-state index contributed by atoms with van der Waals surface area (Å²) >= 11 is 0. The van der Waals surface area contributed by atoms with E-state index in [0.717, 1.165) is 0 Å². The lowest BCUT2D eigenvalue weighted by molar-refractivity contribution is -0.122. The van der Waals surface area contributed by atoms with Crippen LogP contribution in [0.4, 0.5) is 5.82 Å². The first-order valence-electron chi connectivity index (χ1n) is 5.21.